The van der Waals surface area contributed by atoms with E-state index in [-0.39, 0.29) is 0 Å². The maximum atomic E-state index is 4.29. The number of rotatable bonds is 10. The molecule has 0 radical (unpaired) electrons. The van der Waals surface area contributed by atoms with Crippen LogP contribution in [-0.2, 0) is 13.0 Å². The Bertz CT molecular complexity index is 426. The van der Waals surface area contributed by atoms with Crippen LogP contribution in [0, 0.1) is 0 Å². The van der Waals surface area contributed by atoms with Gasteiger partial charge in [0.2, 0.25) is 0 Å². The van der Waals surface area contributed by atoms with E-state index in [1.54, 1.807) is 6.33 Å². The predicted octanol–water partition coefficient (Wildman–Crippen LogP) is 2.36. The molecule has 0 saturated carbocycles. The predicted molar refractivity (Wildman–Crippen MR) is 92.1 cm³/mol. The average molecular weight is 308 g/mol. The Balaban J connectivity index is 2.24. The van der Waals surface area contributed by atoms with E-state index in [0.29, 0.717) is 6.04 Å². The molecule has 1 unspecified atom stereocenters. The molecule has 22 heavy (non-hydrogen) atoms. The van der Waals surface area contributed by atoms with Gasteiger partial charge in [-0.1, -0.05) is 39.5 Å². The molecule has 1 aromatic heterocycles. The van der Waals surface area contributed by atoms with Gasteiger partial charge in [-0.2, -0.15) is 0 Å². The van der Waals surface area contributed by atoms with Crippen LogP contribution in [0.5, 0.6) is 0 Å². The third-order valence-corrected chi connectivity index (χ3v) is 3.75. The van der Waals surface area contributed by atoms with Crippen LogP contribution in [0.4, 0.5) is 0 Å². The Labute approximate surface area is 134 Å². The second-order valence-electron chi connectivity index (χ2n) is 5.69. The Morgan fingerprint density at radius 1 is 1.32 bits per heavy atom. The van der Waals surface area contributed by atoms with Crippen molar-refractivity contribution in [1.82, 2.24) is 25.4 Å². The molecular weight excluding hydrogens is 276 g/mol. The first-order valence-electron chi connectivity index (χ1n) is 8.55. The smallest absolute Gasteiger partial charge is 0.191 e. The molecule has 2 N–H and O–H groups in total. The minimum atomic E-state index is 0.448. The highest BCUT2D eigenvalue weighted by molar-refractivity contribution is 5.79. The molecule has 0 spiro atoms. The van der Waals surface area contributed by atoms with E-state index in [2.05, 4.69) is 51.2 Å². The lowest BCUT2D eigenvalue weighted by atomic mass is 10.1. The molecule has 0 aliphatic heterocycles. The Morgan fingerprint density at radius 3 is 2.82 bits per heavy atom. The van der Waals surface area contributed by atoms with Crippen molar-refractivity contribution in [2.24, 2.45) is 4.99 Å². The maximum Gasteiger partial charge on any atom is 0.191 e. The van der Waals surface area contributed by atoms with Gasteiger partial charge in [-0.3, -0.25) is 4.99 Å². The number of nitrogens with zero attached hydrogens (tertiary/aromatic N) is 4. The number of aliphatic imine (C=N–C) groups is 1. The SMILES string of the molecule is CCCCCCC(C)NC(=NC)NCCn1cnnc1CC. The molecule has 0 fully saturated rings. The fourth-order valence-corrected chi connectivity index (χ4v) is 2.41. The summed E-state index contributed by atoms with van der Waals surface area (Å²) in [6.45, 7) is 8.21. The van der Waals surface area contributed by atoms with E-state index in [9.17, 15) is 0 Å². The molecule has 1 heterocycles. The Hall–Kier alpha value is -1.59. The number of aryl methyl sites for hydroxylation is 1. The number of unbranched alkanes of at least 4 members (excludes halogenated alkanes) is 3. The van der Waals surface area contributed by atoms with Crippen molar-refractivity contribution < 1.29 is 0 Å². The van der Waals surface area contributed by atoms with Gasteiger partial charge in [-0.15, -0.1) is 10.2 Å². The van der Waals surface area contributed by atoms with Crippen molar-refractivity contribution in [3.8, 4) is 0 Å². The van der Waals surface area contributed by atoms with Crippen LogP contribution < -0.4 is 10.6 Å². The van der Waals surface area contributed by atoms with Crippen LogP contribution in [-0.4, -0.2) is 40.4 Å². The van der Waals surface area contributed by atoms with E-state index in [4.69, 9.17) is 0 Å². The van der Waals surface area contributed by atoms with E-state index < -0.39 is 0 Å². The molecule has 0 saturated heterocycles. The molecule has 0 bridgehead atoms. The molecule has 0 aromatic carbocycles. The first-order valence-corrected chi connectivity index (χ1v) is 8.55. The summed E-state index contributed by atoms with van der Waals surface area (Å²) >= 11 is 0. The first-order chi connectivity index (χ1) is 10.7. The van der Waals surface area contributed by atoms with Gasteiger partial charge >= 0.3 is 0 Å². The van der Waals surface area contributed by atoms with Crippen molar-refractivity contribution in [3.63, 3.8) is 0 Å². The highest BCUT2D eigenvalue weighted by Gasteiger charge is 2.05. The molecule has 6 heteroatoms. The topological polar surface area (TPSA) is 67.1 Å². The summed E-state index contributed by atoms with van der Waals surface area (Å²) in [5, 5.41) is 14.8. The zero-order valence-corrected chi connectivity index (χ0v) is 14.6. The summed E-state index contributed by atoms with van der Waals surface area (Å²) in [5.41, 5.74) is 0. The van der Waals surface area contributed by atoms with Gasteiger partial charge in [0.1, 0.15) is 12.2 Å². The monoisotopic (exact) mass is 308 g/mol. The summed E-state index contributed by atoms with van der Waals surface area (Å²) in [4.78, 5) is 4.29. The fourth-order valence-electron chi connectivity index (χ4n) is 2.41. The summed E-state index contributed by atoms with van der Waals surface area (Å²) < 4.78 is 2.08. The minimum Gasteiger partial charge on any atom is -0.355 e. The summed E-state index contributed by atoms with van der Waals surface area (Å²) in [7, 11) is 1.81. The summed E-state index contributed by atoms with van der Waals surface area (Å²) in [6.07, 6.45) is 9.09. The third kappa shape index (κ3) is 6.91. The minimum absolute atomic E-state index is 0.448. The van der Waals surface area contributed by atoms with Crippen LogP contribution in [0.2, 0.25) is 0 Å². The van der Waals surface area contributed by atoms with Crippen molar-refractivity contribution in [1.29, 1.82) is 0 Å². The summed E-state index contributed by atoms with van der Waals surface area (Å²) in [6, 6.07) is 0.448. The zero-order chi connectivity index (χ0) is 16.2. The largest absolute Gasteiger partial charge is 0.355 e. The number of hydrogen-bond donors (Lipinski definition) is 2. The lowest BCUT2D eigenvalue weighted by Crippen LogP contribution is -2.43. The zero-order valence-electron chi connectivity index (χ0n) is 14.6. The van der Waals surface area contributed by atoms with Gasteiger partial charge in [0.05, 0.1) is 0 Å². The van der Waals surface area contributed by atoms with Crippen LogP contribution >= 0.6 is 0 Å². The molecule has 1 aromatic rings. The molecule has 1 atom stereocenters. The quantitative estimate of drug-likeness (QED) is 0.395. The van der Waals surface area contributed by atoms with Crippen molar-refractivity contribution in [2.75, 3.05) is 13.6 Å². The molecular formula is C16H32N6. The molecule has 1 rings (SSSR count). The van der Waals surface area contributed by atoms with Gasteiger partial charge in [-0.25, -0.2) is 0 Å². The fraction of sp³-hybridized carbons (Fsp3) is 0.812. The Morgan fingerprint density at radius 2 is 2.14 bits per heavy atom. The van der Waals surface area contributed by atoms with Gasteiger partial charge in [0.15, 0.2) is 5.96 Å². The lowest BCUT2D eigenvalue weighted by Gasteiger charge is -2.18. The second-order valence-corrected chi connectivity index (χ2v) is 5.69. The van der Waals surface area contributed by atoms with Gasteiger partial charge < -0.3 is 15.2 Å². The molecule has 126 valence electrons. The normalized spacial score (nSPS) is 13.2. The molecule has 0 aliphatic carbocycles. The first kappa shape index (κ1) is 18.5. The van der Waals surface area contributed by atoms with E-state index in [1.165, 1.54) is 32.1 Å². The van der Waals surface area contributed by atoms with Crippen LogP contribution in [0.25, 0.3) is 0 Å². The molecule has 0 aliphatic rings. The standard InChI is InChI=1S/C16H32N6/c1-5-7-8-9-10-14(3)20-16(17-4)18-11-12-22-13-19-21-15(22)6-2/h13-14H,5-12H2,1-4H3,(H2,17,18,20). The highest BCUT2D eigenvalue weighted by atomic mass is 15.3. The van der Waals surface area contributed by atoms with Crippen molar-refractivity contribution in [3.05, 3.63) is 12.2 Å². The summed E-state index contributed by atoms with van der Waals surface area (Å²) in [5.74, 6) is 1.89. The Kier molecular flexibility index (Phi) is 9.26. The maximum absolute atomic E-state index is 4.29. The second kappa shape index (κ2) is 11.0. The van der Waals surface area contributed by atoms with Gasteiger partial charge in [0.25, 0.3) is 0 Å². The van der Waals surface area contributed by atoms with Crippen LogP contribution in [0.3, 0.4) is 0 Å². The van der Waals surface area contributed by atoms with Crippen LogP contribution in [0.1, 0.15) is 58.7 Å². The number of aromatic nitrogens is 3. The average Bonchev–Trinajstić information content (AvgIpc) is 2.98. The third-order valence-electron chi connectivity index (χ3n) is 3.75. The van der Waals surface area contributed by atoms with Crippen molar-refractivity contribution in [2.45, 2.75) is 71.9 Å². The number of hydrogen-bond acceptors (Lipinski definition) is 3. The van der Waals surface area contributed by atoms with E-state index >= 15 is 0 Å². The number of guanidine groups is 1. The number of nitrogens with one attached hydrogen (secondary N) is 2. The van der Waals surface area contributed by atoms with E-state index in [1.807, 2.05) is 7.05 Å². The molecule has 6 nitrogen and oxygen atoms in total. The van der Waals surface area contributed by atoms with E-state index in [0.717, 1.165) is 31.3 Å². The lowest BCUT2D eigenvalue weighted by molar-refractivity contribution is 0.534. The van der Waals surface area contributed by atoms with Gasteiger partial charge in [-0.05, 0) is 13.3 Å². The van der Waals surface area contributed by atoms with Crippen molar-refractivity contribution >= 4 is 5.96 Å². The van der Waals surface area contributed by atoms with Gasteiger partial charge in [0, 0.05) is 32.6 Å². The van der Waals surface area contributed by atoms with Crippen LogP contribution in [0.15, 0.2) is 11.3 Å². The highest BCUT2D eigenvalue weighted by Crippen LogP contribution is 2.05. The molecule has 0 amide bonds.